The van der Waals surface area contributed by atoms with Gasteiger partial charge in [0.05, 0.1) is 0 Å². The molecule has 0 fully saturated rings. The summed E-state index contributed by atoms with van der Waals surface area (Å²) in [5, 5.41) is 2.94. The Bertz CT molecular complexity index is 368. The van der Waals surface area contributed by atoms with Gasteiger partial charge >= 0.3 is 10.2 Å². The lowest BCUT2D eigenvalue weighted by Gasteiger charge is -1.86. The van der Waals surface area contributed by atoms with Gasteiger partial charge in [0.25, 0.3) is 0 Å². The summed E-state index contributed by atoms with van der Waals surface area (Å²) < 4.78 is 34.2. The van der Waals surface area contributed by atoms with Crippen LogP contribution in [0, 0.1) is 6.92 Å². The maximum absolute atomic E-state index is 12.3. The third kappa shape index (κ3) is 1.56. The van der Waals surface area contributed by atoms with Gasteiger partial charge in [0.2, 0.25) is 5.03 Å². The highest BCUT2D eigenvalue weighted by Crippen LogP contribution is 2.13. The van der Waals surface area contributed by atoms with Crippen LogP contribution in [0.1, 0.15) is 5.56 Å². The highest BCUT2D eigenvalue weighted by atomic mass is 32.3. The van der Waals surface area contributed by atoms with Crippen molar-refractivity contribution in [3.05, 3.63) is 11.8 Å². The monoisotopic (exact) mass is 178 g/mol. The van der Waals surface area contributed by atoms with Crippen LogP contribution in [0.15, 0.2) is 11.2 Å². The standard InChI is InChI=1S/C5H7FN2O2S/c1-4-3-8(2)7-5(4)11(6,9)10/h3H,1-2H3. The third-order valence-corrected chi connectivity index (χ3v) is 2.06. The van der Waals surface area contributed by atoms with E-state index in [-0.39, 0.29) is 0 Å². The predicted octanol–water partition coefficient (Wildman–Crippen LogP) is 0.387. The Morgan fingerprint density at radius 3 is 2.36 bits per heavy atom. The summed E-state index contributed by atoms with van der Waals surface area (Å²) >= 11 is 0. The molecule has 11 heavy (non-hydrogen) atoms. The number of nitrogens with zero attached hydrogens (tertiary/aromatic N) is 2. The first-order valence-corrected chi connectivity index (χ1v) is 4.24. The Kier molecular flexibility index (Phi) is 1.71. The Labute approximate surface area is 63.9 Å². The summed E-state index contributed by atoms with van der Waals surface area (Å²) in [6, 6.07) is 0. The van der Waals surface area contributed by atoms with Gasteiger partial charge in [-0.15, -0.1) is 0 Å². The van der Waals surface area contributed by atoms with Gasteiger partial charge in [-0.1, -0.05) is 3.89 Å². The first-order valence-electron chi connectivity index (χ1n) is 2.86. The Hall–Kier alpha value is -0.910. The van der Waals surface area contributed by atoms with Crippen LogP contribution in [0.5, 0.6) is 0 Å². The van der Waals surface area contributed by atoms with Gasteiger partial charge in [-0.25, -0.2) is 0 Å². The fraction of sp³-hybridized carbons (Fsp3) is 0.400. The smallest absolute Gasteiger partial charge is 0.274 e. The maximum atomic E-state index is 12.3. The second kappa shape index (κ2) is 2.30. The zero-order valence-electron chi connectivity index (χ0n) is 6.07. The molecule has 0 aliphatic carbocycles. The van der Waals surface area contributed by atoms with Crippen LogP contribution in [-0.2, 0) is 17.3 Å². The van der Waals surface area contributed by atoms with E-state index in [9.17, 15) is 12.3 Å². The molecule has 0 saturated carbocycles. The molecule has 1 aromatic rings. The number of halogens is 1. The van der Waals surface area contributed by atoms with Crippen molar-refractivity contribution in [1.82, 2.24) is 9.78 Å². The Balaban J connectivity index is 3.36. The van der Waals surface area contributed by atoms with E-state index in [1.165, 1.54) is 24.9 Å². The lowest BCUT2D eigenvalue weighted by Crippen LogP contribution is -1.96. The van der Waals surface area contributed by atoms with Crippen molar-refractivity contribution < 1.29 is 12.3 Å². The van der Waals surface area contributed by atoms with Gasteiger partial charge in [0, 0.05) is 18.8 Å². The van der Waals surface area contributed by atoms with Crippen LogP contribution in [0.4, 0.5) is 3.89 Å². The molecular weight excluding hydrogens is 171 g/mol. The zero-order chi connectivity index (χ0) is 8.65. The minimum atomic E-state index is -4.64. The lowest BCUT2D eigenvalue weighted by molar-refractivity contribution is 0.543. The minimum absolute atomic E-state index is 0.315. The van der Waals surface area contributed by atoms with Crippen molar-refractivity contribution in [3.63, 3.8) is 0 Å². The van der Waals surface area contributed by atoms with Gasteiger partial charge in [0.1, 0.15) is 0 Å². The van der Waals surface area contributed by atoms with Crippen LogP contribution in [0.25, 0.3) is 0 Å². The highest BCUT2D eigenvalue weighted by Gasteiger charge is 2.18. The van der Waals surface area contributed by atoms with Crippen LogP contribution in [0.3, 0.4) is 0 Å². The summed E-state index contributed by atoms with van der Waals surface area (Å²) in [6.45, 7) is 1.49. The fourth-order valence-corrected chi connectivity index (χ4v) is 1.49. The van der Waals surface area contributed by atoms with Crippen molar-refractivity contribution in [2.75, 3.05) is 0 Å². The normalized spacial score (nSPS) is 11.9. The topological polar surface area (TPSA) is 52.0 Å². The van der Waals surface area contributed by atoms with E-state index < -0.39 is 15.2 Å². The number of aromatic nitrogens is 2. The zero-order valence-corrected chi connectivity index (χ0v) is 6.89. The first-order chi connectivity index (χ1) is 4.91. The number of aryl methyl sites for hydroxylation is 2. The van der Waals surface area contributed by atoms with Crippen LogP contribution in [-0.4, -0.2) is 18.2 Å². The van der Waals surface area contributed by atoms with Gasteiger partial charge in [-0.2, -0.15) is 13.5 Å². The third-order valence-electron chi connectivity index (χ3n) is 1.20. The molecule has 0 bridgehead atoms. The quantitative estimate of drug-likeness (QED) is 0.584. The maximum Gasteiger partial charge on any atom is 0.351 e. The fourth-order valence-electron chi connectivity index (χ4n) is 0.828. The molecule has 4 nitrogen and oxygen atoms in total. The molecular formula is C5H7FN2O2S. The summed E-state index contributed by atoms with van der Waals surface area (Å²) in [4.78, 5) is 0. The molecule has 1 heterocycles. The molecule has 0 saturated heterocycles. The average Bonchev–Trinajstić information content (AvgIpc) is 2.08. The van der Waals surface area contributed by atoms with Gasteiger partial charge < -0.3 is 0 Å². The van der Waals surface area contributed by atoms with Crippen molar-refractivity contribution >= 4 is 10.2 Å². The van der Waals surface area contributed by atoms with E-state index in [0.717, 1.165) is 0 Å². The molecule has 0 aliphatic rings. The second-order valence-electron chi connectivity index (χ2n) is 2.23. The average molecular weight is 178 g/mol. The van der Waals surface area contributed by atoms with Crippen molar-refractivity contribution in [2.45, 2.75) is 11.9 Å². The van der Waals surface area contributed by atoms with Crippen molar-refractivity contribution in [3.8, 4) is 0 Å². The molecule has 0 unspecified atom stereocenters. The van der Waals surface area contributed by atoms with Crippen LogP contribution < -0.4 is 0 Å². The SMILES string of the molecule is Cc1cn(C)nc1S(=O)(=O)F. The van der Waals surface area contributed by atoms with E-state index in [1.54, 1.807) is 0 Å². The number of rotatable bonds is 1. The van der Waals surface area contributed by atoms with Crippen molar-refractivity contribution in [1.29, 1.82) is 0 Å². The minimum Gasteiger partial charge on any atom is -0.274 e. The molecule has 0 amide bonds. The molecule has 1 aromatic heterocycles. The molecule has 0 aromatic carbocycles. The molecule has 6 heteroatoms. The van der Waals surface area contributed by atoms with E-state index in [2.05, 4.69) is 5.10 Å². The Morgan fingerprint density at radius 2 is 2.18 bits per heavy atom. The summed E-state index contributed by atoms with van der Waals surface area (Å²) in [6.07, 6.45) is 1.44. The largest absolute Gasteiger partial charge is 0.351 e. The van der Waals surface area contributed by atoms with E-state index in [4.69, 9.17) is 0 Å². The van der Waals surface area contributed by atoms with E-state index >= 15 is 0 Å². The molecule has 0 atom stereocenters. The lowest BCUT2D eigenvalue weighted by atomic mass is 10.4. The van der Waals surface area contributed by atoms with E-state index in [0.29, 0.717) is 5.56 Å². The summed E-state index contributed by atoms with van der Waals surface area (Å²) in [7, 11) is -3.12. The predicted molar refractivity (Wildman–Crippen MR) is 36.2 cm³/mol. The Morgan fingerprint density at radius 1 is 1.64 bits per heavy atom. The molecule has 62 valence electrons. The molecule has 0 radical (unpaired) electrons. The van der Waals surface area contributed by atoms with Crippen molar-refractivity contribution in [2.24, 2.45) is 7.05 Å². The molecule has 0 aliphatic heterocycles. The van der Waals surface area contributed by atoms with Crippen LogP contribution in [0.2, 0.25) is 0 Å². The highest BCUT2D eigenvalue weighted by molar-refractivity contribution is 7.86. The number of hydrogen-bond donors (Lipinski definition) is 0. The molecule has 0 N–H and O–H groups in total. The van der Waals surface area contributed by atoms with Gasteiger partial charge in [-0.3, -0.25) is 4.68 Å². The molecule has 0 spiro atoms. The molecule has 1 rings (SSSR count). The summed E-state index contributed by atoms with van der Waals surface area (Å²) in [5.74, 6) is 0. The van der Waals surface area contributed by atoms with Gasteiger partial charge in [-0.05, 0) is 6.92 Å². The number of hydrogen-bond acceptors (Lipinski definition) is 3. The van der Waals surface area contributed by atoms with Crippen LogP contribution >= 0.6 is 0 Å². The first kappa shape index (κ1) is 8.19. The summed E-state index contributed by atoms with van der Waals surface area (Å²) in [5.41, 5.74) is 0.315. The second-order valence-corrected chi connectivity index (χ2v) is 3.49. The van der Waals surface area contributed by atoms with E-state index in [1.807, 2.05) is 0 Å². The van der Waals surface area contributed by atoms with Gasteiger partial charge in [0.15, 0.2) is 0 Å².